The summed E-state index contributed by atoms with van der Waals surface area (Å²) in [6.07, 6.45) is 1.90. The first-order chi connectivity index (χ1) is 8.91. The van der Waals surface area contributed by atoms with Crippen LogP contribution in [-0.4, -0.2) is 27.0 Å². The summed E-state index contributed by atoms with van der Waals surface area (Å²) >= 11 is 0. The summed E-state index contributed by atoms with van der Waals surface area (Å²) in [7, 11) is -3.84. The number of primary sulfonamides is 1. The van der Waals surface area contributed by atoms with Crippen molar-refractivity contribution in [1.29, 1.82) is 0 Å². The van der Waals surface area contributed by atoms with Crippen LogP contribution in [0.15, 0.2) is 23.1 Å². The predicted molar refractivity (Wildman–Crippen MR) is 69.5 cm³/mol. The Morgan fingerprint density at radius 1 is 1.47 bits per heavy atom. The minimum absolute atomic E-state index is 0.100. The molecule has 1 amide bonds. The molecule has 1 aromatic rings. The van der Waals surface area contributed by atoms with Crippen molar-refractivity contribution in [2.24, 2.45) is 5.14 Å². The number of carbonyl (C=O) groups is 1. The maximum absolute atomic E-state index is 12.0. The van der Waals surface area contributed by atoms with E-state index in [0.717, 1.165) is 12.8 Å². The molecular formula is C12H16N2O4S. The molecule has 1 aromatic carbocycles. The van der Waals surface area contributed by atoms with Crippen LogP contribution in [-0.2, 0) is 10.0 Å². The molecule has 0 saturated heterocycles. The van der Waals surface area contributed by atoms with E-state index in [0.29, 0.717) is 12.4 Å². The molecule has 19 heavy (non-hydrogen) atoms. The number of rotatable bonds is 5. The molecule has 1 fully saturated rings. The Morgan fingerprint density at radius 2 is 2.16 bits per heavy atom. The normalized spacial score (nSPS) is 15.1. The molecule has 1 aliphatic carbocycles. The van der Waals surface area contributed by atoms with Gasteiger partial charge in [0.25, 0.3) is 5.91 Å². The first-order valence-electron chi connectivity index (χ1n) is 6.02. The highest BCUT2D eigenvalue weighted by molar-refractivity contribution is 7.89. The summed E-state index contributed by atoms with van der Waals surface area (Å²) in [6.45, 7) is 2.18. The Kier molecular flexibility index (Phi) is 3.77. The minimum atomic E-state index is -3.84. The van der Waals surface area contributed by atoms with Crippen LogP contribution in [0.4, 0.5) is 0 Å². The maximum Gasteiger partial charge on any atom is 0.255 e. The van der Waals surface area contributed by atoms with Crippen LogP contribution < -0.4 is 15.2 Å². The average Bonchev–Trinajstić information content (AvgIpc) is 3.12. The number of nitrogens with two attached hydrogens (primary N) is 1. The Hall–Kier alpha value is -1.60. The zero-order valence-electron chi connectivity index (χ0n) is 10.5. The fraction of sp³-hybridized carbons (Fsp3) is 0.417. The number of amides is 1. The molecule has 1 saturated carbocycles. The third-order valence-electron chi connectivity index (χ3n) is 2.74. The number of benzene rings is 1. The monoisotopic (exact) mass is 284 g/mol. The molecule has 3 N–H and O–H groups in total. The van der Waals surface area contributed by atoms with Gasteiger partial charge in [-0.05, 0) is 38.0 Å². The van der Waals surface area contributed by atoms with E-state index in [4.69, 9.17) is 9.88 Å². The van der Waals surface area contributed by atoms with Gasteiger partial charge in [0.2, 0.25) is 10.0 Å². The van der Waals surface area contributed by atoms with Crippen molar-refractivity contribution >= 4 is 15.9 Å². The van der Waals surface area contributed by atoms with E-state index in [1.807, 2.05) is 0 Å². The second-order valence-corrected chi connectivity index (χ2v) is 5.95. The lowest BCUT2D eigenvalue weighted by Gasteiger charge is -2.11. The lowest BCUT2D eigenvalue weighted by Crippen LogP contribution is -2.26. The summed E-state index contributed by atoms with van der Waals surface area (Å²) in [6, 6.07) is 4.21. The van der Waals surface area contributed by atoms with Crippen molar-refractivity contribution in [2.45, 2.75) is 30.7 Å². The Morgan fingerprint density at radius 3 is 2.68 bits per heavy atom. The number of nitrogens with one attached hydrogen (secondary N) is 1. The zero-order valence-corrected chi connectivity index (χ0v) is 11.4. The van der Waals surface area contributed by atoms with E-state index in [1.54, 1.807) is 6.92 Å². The molecule has 0 atom stereocenters. The van der Waals surface area contributed by atoms with Crippen molar-refractivity contribution in [1.82, 2.24) is 5.32 Å². The lowest BCUT2D eigenvalue weighted by molar-refractivity contribution is 0.0947. The lowest BCUT2D eigenvalue weighted by atomic mass is 10.2. The van der Waals surface area contributed by atoms with Crippen molar-refractivity contribution in [3.05, 3.63) is 23.8 Å². The van der Waals surface area contributed by atoms with Crippen LogP contribution in [0.3, 0.4) is 0 Å². The first-order valence-corrected chi connectivity index (χ1v) is 7.57. The zero-order chi connectivity index (χ0) is 14.0. The fourth-order valence-electron chi connectivity index (χ4n) is 1.64. The summed E-state index contributed by atoms with van der Waals surface area (Å²) in [4.78, 5) is 11.9. The number of hydrogen-bond donors (Lipinski definition) is 2. The van der Waals surface area contributed by atoms with Crippen LogP contribution in [0.2, 0.25) is 0 Å². The molecule has 0 aromatic heterocycles. The SMILES string of the molecule is CCOc1ccc(S(N)(=O)=O)cc1C(=O)NC1CC1. The van der Waals surface area contributed by atoms with Crippen LogP contribution in [0.1, 0.15) is 30.1 Å². The van der Waals surface area contributed by atoms with Gasteiger partial charge in [-0.2, -0.15) is 0 Å². The third kappa shape index (κ3) is 3.45. The molecular weight excluding hydrogens is 268 g/mol. The quantitative estimate of drug-likeness (QED) is 0.828. The molecule has 0 unspecified atom stereocenters. The van der Waals surface area contributed by atoms with E-state index in [-0.39, 0.29) is 22.4 Å². The molecule has 0 bridgehead atoms. The third-order valence-corrected chi connectivity index (χ3v) is 3.65. The van der Waals surface area contributed by atoms with Gasteiger partial charge < -0.3 is 10.1 Å². The van der Waals surface area contributed by atoms with E-state index >= 15 is 0 Å². The minimum Gasteiger partial charge on any atom is -0.493 e. The second kappa shape index (κ2) is 5.18. The molecule has 2 rings (SSSR count). The highest BCUT2D eigenvalue weighted by Gasteiger charge is 2.26. The predicted octanol–water partition coefficient (Wildman–Crippen LogP) is 0.625. The fourth-order valence-corrected chi connectivity index (χ4v) is 2.18. The molecule has 0 heterocycles. The number of ether oxygens (including phenoxy) is 1. The Balaban J connectivity index is 2.37. The number of sulfonamides is 1. The summed E-state index contributed by atoms with van der Waals surface area (Å²) in [5.74, 6) is 0.0181. The molecule has 0 radical (unpaired) electrons. The largest absolute Gasteiger partial charge is 0.493 e. The van der Waals surface area contributed by atoms with Crippen molar-refractivity contribution < 1.29 is 17.9 Å². The Bertz CT molecular complexity index is 594. The van der Waals surface area contributed by atoms with E-state index in [1.165, 1.54) is 18.2 Å². The molecule has 6 nitrogen and oxygen atoms in total. The van der Waals surface area contributed by atoms with Gasteiger partial charge in [-0.3, -0.25) is 4.79 Å². The highest BCUT2D eigenvalue weighted by Crippen LogP contribution is 2.25. The summed E-state index contributed by atoms with van der Waals surface area (Å²) in [5.41, 5.74) is 0.195. The van der Waals surface area contributed by atoms with Crippen molar-refractivity contribution in [3.63, 3.8) is 0 Å². The van der Waals surface area contributed by atoms with Gasteiger partial charge in [0.15, 0.2) is 0 Å². The maximum atomic E-state index is 12.0. The molecule has 104 valence electrons. The first kappa shape index (κ1) is 13.8. The van der Waals surface area contributed by atoms with Gasteiger partial charge in [-0.1, -0.05) is 0 Å². The van der Waals surface area contributed by atoms with Crippen molar-refractivity contribution in [2.75, 3.05) is 6.61 Å². The van der Waals surface area contributed by atoms with Gasteiger partial charge >= 0.3 is 0 Å². The van der Waals surface area contributed by atoms with Gasteiger partial charge in [0.1, 0.15) is 5.75 Å². The second-order valence-electron chi connectivity index (χ2n) is 4.38. The summed E-state index contributed by atoms with van der Waals surface area (Å²) < 4.78 is 28.0. The number of hydrogen-bond acceptors (Lipinski definition) is 4. The number of carbonyl (C=O) groups excluding carboxylic acids is 1. The van der Waals surface area contributed by atoms with Crippen LogP contribution >= 0.6 is 0 Å². The van der Waals surface area contributed by atoms with Gasteiger partial charge in [0, 0.05) is 6.04 Å². The average molecular weight is 284 g/mol. The van der Waals surface area contributed by atoms with Gasteiger partial charge in [-0.25, -0.2) is 13.6 Å². The standard InChI is InChI=1S/C12H16N2O4S/c1-2-18-11-6-5-9(19(13,16)17)7-10(11)12(15)14-8-3-4-8/h5-8H,2-4H2,1H3,(H,14,15)(H2,13,16,17). The van der Waals surface area contributed by atoms with Crippen LogP contribution in [0.25, 0.3) is 0 Å². The van der Waals surface area contributed by atoms with Gasteiger partial charge in [0.05, 0.1) is 17.1 Å². The van der Waals surface area contributed by atoms with Gasteiger partial charge in [-0.15, -0.1) is 0 Å². The highest BCUT2D eigenvalue weighted by atomic mass is 32.2. The smallest absolute Gasteiger partial charge is 0.255 e. The van der Waals surface area contributed by atoms with Crippen LogP contribution in [0.5, 0.6) is 5.75 Å². The molecule has 1 aliphatic rings. The van der Waals surface area contributed by atoms with E-state index in [2.05, 4.69) is 5.32 Å². The topological polar surface area (TPSA) is 98.5 Å². The molecule has 7 heteroatoms. The van der Waals surface area contributed by atoms with Crippen LogP contribution in [0, 0.1) is 0 Å². The summed E-state index contributed by atoms with van der Waals surface area (Å²) in [5, 5.41) is 7.86. The molecule has 0 aliphatic heterocycles. The van der Waals surface area contributed by atoms with E-state index < -0.39 is 10.0 Å². The Labute approximate surface area is 112 Å². The van der Waals surface area contributed by atoms with E-state index in [9.17, 15) is 13.2 Å². The van der Waals surface area contributed by atoms with Crippen molar-refractivity contribution in [3.8, 4) is 5.75 Å². The molecule has 0 spiro atoms.